The van der Waals surface area contributed by atoms with E-state index in [-0.39, 0.29) is 25.9 Å². The summed E-state index contributed by atoms with van der Waals surface area (Å²) in [7, 11) is 2.01. The highest BCUT2D eigenvalue weighted by Gasteiger charge is 2.26. The molecule has 1 N–H and O–H groups in total. The van der Waals surface area contributed by atoms with Crippen LogP contribution in [0.3, 0.4) is 0 Å². The Morgan fingerprint density at radius 3 is 2.46 bits per heavy atom. The Morgan fingerprint density at radius 1 is 0.919 bits per heavy atom. The zero-order chi connectivity index (χ0) is 25.6. The summed E-state index contributed by atoms with van der Waals surface area (Å²) in [5.41, 5.74) is 2.17. The van der Waals surface area contributed by atoms with Gasteiger partial charge in [-0.05, 0) is 47.6 Å². The smallest absolute Gasteiger partial charge is 0.258 e. The van der Waals surface area contributed by atoms with Gasteiger partial charge in [0, 0.05) is 31.3 Å². The second-order valence-corrected chi connectivity index (χ2v) is 8.94. The molecule has 0 spiro atoms. The van der Waals surface area contributed by atoms with E-state index in [0.717, 1.165) is 22.1 Å². The molecular formula is C30H30N2O5. The zero-order valence-corrected chi connectivity index (χ0v) is 20.8. The fourth-order valence-corrected chi connectivity index (χ4v) is 4.55. The third-order valence-electron chi connectivity index (χ3n) is 6.38. The fraction of sp³-hybridized carbons (Fsp3) is 0.233. The molecule has 37 heavy (non-hydrogen) atoms. The summed E-state index contributed by atoms with van der Waals surface area (Å²) in [6.45, 7) is 1.86. The summed E-state index contributed by atoms with van der Waals surface area (Å²) in [6, 6.07) is 27.0. The predicted octanol–water partition coefficient (Wildman–Crippen LogP) is 4.72. The van der Waals surface area contributed by atoms with Crippen LogP contribution in [0.5, 0.6) is 17.2 Å². The van der Waals surface area contributed by atoms with E-state index in [2.05, 4.69) is 4.90 Å². The monoisotopic (exact) mass is 498 g/mol. The number of hydrogen-bond donors (Lipinski definition) is 1. The van der Waals surface area contributed by atoms with Gasteiger partial charge in [-0.1, -0.05) is 54.6 Å². The normalized spacial score (nSPS) is 12.2. The SMILES string of the molecule is CN(CCOc1ccccc1)Cc1cc2c(cc1N(CCO)C(=O)c1cccc3ccccc13)OCO2. The first-order valence-corrected chi connectivity index (χ1v) is 12.3. The minimum atomic E-state index is -0.180. The van der Waals surface area contributed by atoms with Crippen LogP contribution in [-0.4, -0.2) is 56.1 Å². The van der Waals surface area contributed by atoms with Crippen molar-refractivity contribution in [3.8, 4) is 17.2 Å². The quantitative estimate of drug-likeness (QED) is 0.341. The van der Waals surface area contributed by atoms with Crippen LogP contribution in [0.15, 0.2) is 84.9 Å². The Balaban J connectivity index is 1.43. The van der Waals surface area contributed by atoms with E-state index in [4.69, 9.17) is 14.2 Å². The summed E-state index contributed by atoms with van der Waals surface area (Å²) < 4.78 is 17.1. The Hall–Kier alpha value is -4.07. The third kappa shape index (κ3) is 5.53. The van der Waals surface area contributed by atoms with E-state index in [9.17, 15) is 9.90 Å². The molecule has 0 fully saturated rings. The molecule has 5 rings (SSSR count). The standard InChI is InChI=1S/C30H30N2O5/c1-31(15-17-35-24-10-3-2-4-11-24)20-23-18-28-29(37-21-36-28)19-27(23)32(14-16-33)30(34)26-13-7-9-22-8-5-6-12-25(22)26/h2-13,18-19,33H,14-17,20-21H2,1H3. The first-order chi connectivity index (χ1) is 18.1. The number of aliphatic hydroxyl groups excluding tert-OH is 1. The van der Waals surface area contributed by atoms with Crippen molar-refractivity contribution < 1.29 is 24.1 Å². The summed E-state index contributed by atoms with van der Waals surface area (Å²) in [6.07, 6.45) is 0. The lowest BCUT2D eigenvalue weighted by atomic mass is 10.0. The lowest BCUT2D eigenvalue weighted by molar-refractivity contribution is 0.0982. The van der Waals surface area contributed by atoms with Crippen LogP contribution in [0.1, 0.15) is 15.9 Å². The lowest BCUT2D eigenvalue weighted by Gasteiger charge is -2.27. The highest BCUT2D eigenvalue weighted by molar-refractivity contribution is 6.14. The summed E-state index contributed by atoms with van der Waals surface area (Å²) >= 11 is 0. The summed E-state index contributed by atoms with van der Waals surface area (Å²) in [4.78, 5) is 17.7. The van der Waals surface area contributed by atoms with Crippen LogP contribution in [0.25, 0.3) is 10.8 Å². The van der Waals surface area contributed by atoms with Gasteiger partial charge in [-0.25, -0.2) is 0 Å². The van der Waals surface area contributed by atoms with Crippen molar-refractivity contribution in [1.29, 1.82) is 0 Å². The summed E-state index contributed by atoms with van der Waals surface area (Å²) in [5, 5.41) is 11.8. The van der Waals surface area contributed by atoms with Gasteiger partial charge in [0.15, 0.2) is 11.5 Å². The molecule has 0 saturated carbocycles. The number of carbonyl (C=O) groups excluding carboxylic acids is 1. The number of carbonyl (C=O) groups is 1. The van der Waals surface area contributed by atoms with E-state index in [0.29, 0.717) is 42.4 Å². The number of fused-ring (bicyclic) bond motifs is 2. The number of para-hydroxylation sites is 1. The molecule has 1 amide bonds. The van der Waals surface area contributed by atoms with Gasteiger partial charge in [0.25, 0.3) is 5.91 Å². The molecule has 1 aliphatic heterocycles. The van der Waals surface area contributed by atoms with Crippen LogP contribution in [-0.2, 0) is 6.54 Å². The average molecular weight is 499 g/mol. The topological polar surface area (TPSA) is 71.5 Å². The second-order valence-electron chi connectivity index (χ2n) is 8.94. The Labute approximate surface area is 216 Å². The van der Waals surface area contributed by atoms with Gasteiger partial charge in [-0.15, -0.1) is 0 Å². The number of likely N-dealkylation sites (N-methyl/N-ethyl adjacent to an activating group) is 1. The Bertz CT molecular complexity index is 1370. The van der Waals surface area contributed by atoms with Crippen molar-refractivity contribution in [3.05, 3.63) is 96.1 Å². The molecular weight excluding hydrogens is 468 g/mol. The molecule has 190 valence electrons. The largest absolute Gasteiger partial charge is 0.492 e. The number of hydrogen-bond acceptors (Lipinski definition) is 6. The van der Waals surface area contributed by atoms with E-state index >= 15 is 0 Å². The molecule has 0 unspecified atom stereocenters. The molecule has 4 aromatic carbocycles. The maximum Gasteiger partial charge on any atom is 0.258 e. The maximum atomic E-state index is 13.9. The zero-order valence-electron chi connectivity index (χ0n) is 20.8. The number of rotatable bonds is 10. The molecule has 4 aromatic rings. The van der Waals surface area contributed by atoms with Gasteiger partial charge in [0.2, 0.25) is 6.79 Å². The number of aliphatic hydroxyl groups is 1. The minimum absolute atomic E-state index is 0.135. The van der Waals surface area contributed by atoms with Gasteiger partial charge in [0.05, 0.1) is 12.3 Å². The molecule has 7 heteroatoms. The van der Waals surface area contributed by atoms with Crippen LogP contribution in [0.4, 0.5) is 5.69 Å². The third-order valence-corrected chi connectivity index (χ3v) is 6.38. The summed E-state index contributed by atoms with van der Waals surface area (Å²) in [5.74, 6) is 1.88. The van der Waals surface area contributed by atoms with Crippen molar-refractivity contribution in [2.45, 2.75) is 6.54 Å². The fourth-order valence-electron chi connectivity index (χ4n) is 4.55. The Kier molecular flexibility index (Phi) is 7.54. The van der Waals surface area contributed by atoms with Crippen molar-refractivity contribution in [2.24, 2.45) is 0 Å². The average Bonchev–Trinajstić information content (AvgIpc) is 3.39. The van der Waals surface area contributed by atoms with Crippen LogP contribution >= 0.6 is 0 Å². The van der Waals surface area contributed by atoms with E-state index in [1.54, 1.807) is 4.90 Å². The van der Waals surface area contributed by atoms with Gasteiger partial charge in [-0.2, -0.15) is 0 Å². The van der Waals surface area contributed by atoms with E-state index in [1.165, 1.54) is 0 Å². The number of amides is 1. The lowest BCUT2D eigenvalue weighted by Crippen LogP contribution is -2.35. The van der Waals surface area contributed by atoms with E-state index < -0.39 is 0 Å². The molecule has 0 atom stereocenters. The molecule has 1 aliphatic rings. The predicted molar refractivity (Wildman–Crippen MR) is 144 cm³/mol. The first kappa shape index (κ1) is 24.6. The first-order valence-electron chi connectivity index (χ1n) is 12.3. The van der Waals surface area contributed by atoms with Crippen LogP contribution in [0, 0.1) is 0 Å². The number of benzene rings is 4. The van der Waals surface area contributed by atoms with Gasteiger partial charge < -0.3 is 24.2 Å². The molecule has 0 saturated heterocycles. The van der Waals surface area contributed by atoms with Gasteiger partial charge in [0.1, 0.15) is 12.4 Å². The maximum absolute atomic E-state index is 13.9. The van der Waals surface area contributed by atoms with Crippen molar-refractivity contribution in [2.75, 3.05) is 45.0 Å². The molecule has 0 aliphatic carbocycles. The minimum Gasteiger partial charge on any atom is -0.492 e. The van der Waals surface area contributed by atoms with E-state index in [1.807, 2.05) is 92.0 Å². The number of nitrogens with zero attached hydrogens (tertiary/aromatic N) is 2. The number of anilines is 1. The van der Waals surface area contributed by atoms with Crippen LogP contribution in [0.2, 0.25) is 0 Å². The molecule has 7 nitrogen and oxygen atoms in total. The van der Waals surface area contributed by atoms with Gasteiger partial charge in [-0.3, -0.25) is 9.69 Å². The molecule has 1 heterocycles. The highest BCUT2D eigenvalue weighted by atomic mass is 16.7. The number of ether oxygens (including phenoxy) is 3. The molecule has 0 radical (unpaired) electrons. The molecule has 0 aromatic heterocycles. The van der Waals surface area contributed by atoms with Gasteiger partial charge >= 0.3 is 0 Å². The van der Waals surface area contributed by atoms with Crippen LogP contribution < -0.4 is 19.1 Å². The van der Waals surface area contributed by atoms with Crippen molar-refractivity contribution in [1.82, 2.24) is 4.90 Å². The van der Waals surface area contributed by atoms with Crippen molar-refractivity contribution in [3.63, 3.8) is 0 Å². The Morgan fingerprint density at radius 2 is 1.65 bits per heavy atom. The second kappa shape index (κ2) is 11.3. The highest BCUT2D eigenvalue weighted by Crippen LogP contribution is 2.39. The molecule has 0 bridgehead atoms. The van der Waals surface area contributed by atoms with Crippen molar-refractivity contribution >= 4 is 22.4 Å².